The molecule has 0 rings (SSSR count). The van der Waals surface area contributed by atoms with Crippen LogP contribution in [0.25, 0.3) is 0 Å². The fourth-order valence-electron chi connectivity index (χ4n) is 2.68. The third kappa shape index (κ3) is 15.1. The summed E-state index contributed by atoms with van der Waals surface area (Å²) in [6, 6.07) is 0. The number of nitrogens with zero attached hydrogens (tertiary/aromatic N) is 2. The fraction of sp³-hybridized carbons (Fsp3) is 1.00. The van der Waals surface area contributed by atoms with E-state index in [1.165, 1.54) is 61.3 Å². The van der Waals surface area contributed by atoms with Gasteiger partial charge in [0, 0.05) is 0 Å². The largest absolute Gasteiger partial charge is 0.870 e. The summed E-state index contributed by atoms with van der Waals surface area (Å²) in [5.74, 6) is 0. The van der Waals surface area contributed by atoms with Crippen LogP contribution >= 0.6 is 0 Å². The molecule has 0 fully saturated rings. The number of hydrogen-bond acceptors (Lipinski definition) is 2. The Labute approximate surface area is 148 Å². The summed E-state index contributed by atoms with van der Waals surface area (Å²) in [5, 5.41) is 9.53. The highest BCUT2D eigenvalue weighted by atomic mass is 16.3. The Balaban J connectivity index is -0.000000124. The van der Waals surface area contributed by atoms with Crippen LogP contribution in [0.2, 0.25) is 0 Å². The third-order valence-electron chi connectivity index (χ3n) is 5.37. The maximum absolute atomic E-state index is 9.53. The number of rotatable bonds is 8. The molecule has 0 radical (unpaired) electrons. The average Bonchev–Trinajstić information content (AvgIpc) is 2.53. The molecule has 0 aromatic rings. The molecular formula is C19H48N2O2. The van der Waals surface area contributed by atoms with Crippen molar-refractivity contribution < 1.29 is 19.5 Å². The van der Waals surface area contributed by atoms with E-state index in [2.05, 4.69) is 55.4 Å². The first kappa shape index (κ1) is 30.7. The van der Waals surface area contributed by atoms with Gasteiger partial charge in [-0.1, -0.05) is 13.8 Å². The van der Waals surface area contributed by atoms with Crippen LogP contribution in [0, 0.1) is 0 Å². The molecule has 0 unspecified atom stereocenters. The van der Waals surface area contributed by atoms with E-state index in [-0.39, 0.29) is 5.48 Å². The third-order valence-corrected chi connectivity index (χ3v) is 5.37. The zero-order valence-corrected chi connectivity index (χ0v) is 18.0. The SMILES string of the molecule is CC(C)[O-].CC[N+](CC)(CC)CC.CC[N+](CC)(CC)CC.[OH-]. The molecule has 0 aliphatic heterocycles. The highest BCUT2D eigenvalue weighted by Crippen LogP contribution is 2.03. The Morgan fingerprint density at radius 1 is 0.522 bits per heavy atom. The van der Waals surface area contributed by atoms with Crippen LogP contribution in [0.15, 0.2) is 0 Å². The lowest BCUT2D eigenvalue weighted by Crippen LogP contribution is -2.47. The maximum atomic E-state index is 9.53. The van der Waals surface area contributed by atoms with Gasteiger partial charge < -0.3 is 19.5 Å². The Morgan fingerprint density at radius 3 is 0.609 bits per heavy atom. The molecule has 0 atom stereocenters. The van der Waals surface area contributed by atoms with Gasteiger partial charge in [0.15, 0.2) is 0 Å². The Kier molecular flexibility index (Phi) is 24.3. The van der Waals surface area contributed by atoms with Gasteiger partial charge in [0.25, 0.3) is 0 Å². The van der Waals surface area contributed by atoms with Crippen LogP contribution in [0.3, 0.4) is 0 Å². The summed E-state index contributed by atoms with van der Waals surface area (Å²) in [4.78, 5) is 0. The predicted octanol–water partition coefficient (Wildman–Crippen LogP) is 3.34. The van der Waals surface area contributed by atoms with Gasteiger partial charge in [-0.3, -0.25) is 0 Å². The van der Waals surface area contributed by atoms with E-state index in [4.69, 9.17) is 0 Å². The van der Waals surface area contributed by atoms with E-state index in [0.717, 1.165) is 0 Å². The molecule has 0 saturated carbocycles. The smallest absolute Gasteiger partial charge is 0.0757 e. The van der Waals surface area contributed by atoms with Gasteiger partial charge in [-0.15, -0.1) is 6.10 Å². The van der Waals surface area contributed by atoms with Crippen LogP contribution in [-0.4, -0.2) is 72.9 Å². The van der Waals surface area contributed by atoms with Crippen LogP contribution in [0.1, 0.15) is 69.2 Å². The molecule has 146 valence electrons. The van der Waals surface area contributed by atoms with Crippen molar-refractivity contribution in [2.75, 3.05) is 52.4 Å². The van der Waals surface area contributed by atoms with Gasteiger partial charge in [-0.25, -0.2) is 0 Å². The van der Waals surface area contributed by atoms with Crippen molar-refractivity contribution in [1.29, 1.82) is 0 Å². The van der Waals surface area contributed by atoms with E-state index < -0.39 is 6.10 Å². The van der Waals surface area contributed by atoms with Crippen molar-refractivity contribution in [3.05, 3.63) is 0 Å². The minimum absolute atomic E-state index is 0. The van der Waals surface area contributed by atoms with Crippen LogP contribution < -0.4 is 5.11 Å². The molecule has 0 aromatic heterocycles. The number of quaternary nitrogens is 2. The highest BCUT2D eigenvalue weighted by Gasteiger charge is 2.16. The summed E-state index contributed by atoms with van der Waals surface area (Å²) in [6.45, 7) is 31.7. The summed E-state index contributed by atoms with van der Waals surface area (Å²) in [5.41, 5.74) is 0. The van der Waals surface area contributed by atoms with Gasteiger partial charge in [0.1, 0.15) is 0 Å². The molecule has 0 aliphatic rings. The average molecular weight is 337 g/mol. The highest BCUT2D eigenvalue weighted by molar-refractivity contribution is 4.31. The second-order valence-electron chi connectivity index (χ2n) is 6.26. The maximum Gasteiger partial charge on any atom is 0.0757 e. The van der Waals surface area contributed by atoms with E-state index in [9.17, 15) is 5.11 Å². The first-order chi connectivity index (χ1) is 10.2. The molecule has 23 heavy (non-hydrogen) atoms. The summed E-state index contributed by atoms with van der Waals surface area (Å²) >= 11 is 0. The zero-order chi connectivity index (χ0) is 18.2. The van der Waals surface area contributed by atoms with E-state index in [1.807, 2.05) is 0 Å². The molecule has 4 heteroatoms. The van der Waals surface area contributed by atoms with Crippen molar-refractivity contribution in [1.82, 2.24) is 0 Å². The van der Waals surface area contributed by atoms with Crippen molar-refractivity contribution in [3.8, 4) is 0 Å². The summed E-state index contributed by atoms with van der Waals surface area (Å²) < 4.78 is 2.56. The van der Waals surface area contributed by atoms with Gasteiger partial charge in [-0.2, -0.15) is 0 Å². The molecule has 0 saturated heterocycles. The standard InChI is InChI=1S/2C8H20N.C3H7O.H2O/c2*1-5-9(6-2,7-3)8-4;1-3(2)4;/h2*5-8H2,1-4H3;3H,1-2H3;1H2/q2*+1;-1;/p-1. The van der Waals surface area contributed by atoms with Crippen LogP contribution in [0.4, 0.5) is 0 Å². The minimum Gasteiger partial charge on any atom is -0.870 e. The summed E-state index contributed by atoms with van der Waals surface area (Å²) in [6.07, 6.45) is -0.417. The van der Waals surface area contributed by atoms with E-state index >= 15 is 0 Å². The Bertz CT molecular complexity index is 156. The van der Waals surface area contributed by atoms with Crippen molar-refractivity contribution >= 4 is 0 Å². The zero-order valence-electron chi connectivity index (χ0n) is 18.0. The topological polar surface area (TPSA) is 53.1 Å². The molecule has 0 bridgehead atoms. The lowest BCUT2D eigenvalue weighted by molar-refractivity contribution is -0.921. The van der Waals surface area contributed by atoms with Gasteiger partial charge in [0.2, 0.25) is 0 Å². The van der Waals surface area contributed by atoms with Crippen molar-refractivity contribution in [3.63, 3.8) is 0 Å². The molecule has 0 amide bonds. The van der Waals surface area contributed by atoms with Gasteiger partial charge in [0.05, 0.1) is 52.4 Å². The normalized spacial score (nSPS) is 11.0. The van der Waals surface area contributed by atoms with E-state index in [0.29, 0.717) is 0 Å². The molecule has 0 heterocycles. The summed E-state index contributed by atoms with van der Waals surface area (Å²) in [7, 11) is 0. The molecular weight excluding hydrogens is 288 g/mol. The fourth-order valence-corrected chi connectivity index (χ4v) is 2.68. The van der Waals surface area contributed by atoms with Gasteiger partial charge in [-0.05, 0) is 55.4 Å². The molecule has 1 N–H and O–H groups in total. The van der Waals surface area contributed by atoms with E-state index in [1.54, 1.807) is 13.8 Å². The minimum atomic E-state index is -0.417. The Morgan fingerprint density at radius 2 is 0.609 bits per heavy atom. The second kappa shape index (κ2) is 18.2. The number of hydrogen-bond donors (Lipinski definition) is 0. The molecule has 0 spiro atoms. The van der Waals surface area contributed by atoms with Crippen LogP contribution in [0.5, 0.6) is 0 Å². The molecule has 4 nitrogen and oxygen atoms in total. The first-order valence-electron chi connectivity index (χ1n) is 9.58. The monoisotopic (exact) mass is 336 g/mol. The van der Waals surface area contributed by atoms with Crippen molar-refractivity contribution in [2.24, 2.45) is 0 Å². The lowest BCUT2D eigenvalue weighted by atomic mass is 10.3. The lowest BCUT2D eigenvalue weighted by Gasteiger charge is -2.34. The van der Waals surface area contributed by atoms with Crippen LogP contribution in [-0.2, 0) is 0 Å². The predicted molar refractivity (Wildman–Crippen MR) is 102 cm³/mol. The van der Waals surface area contributed by atoms with Crippen molar-refractivity contribution in [2.45, 2.75) is 75.3 Å². The first-order valence-corrected chi connectivity index (χ1v) is 9.58. The second-order valence-corrected chi connectivity index (χ2v) is 6.26. The quantitative estimate of drug-likeness (QED) is 0.638. The Hall–Kier alpha value is -0.160. The van der Waals surface area contributed by atoms with Gasteiger partial charge >= 0.3 is 0 Å². The molecule has 0 aliphatic carbocycles. The molecule has 0 aromatic carbocycles.